The normalized spacial score (nSPS) is 21.3. The van der Waals surface area contributed by atoms with E-state index in [0.29, 0.717) is 17.9 Å². The number of rotatable bonds is 5. The van der Waals surface area contributed by atoms with E-state index in [1.807, 2.05) is 56.3 Å². The first kappa shape index (κ1) is 22.6. The van der Waals surface area contributed by atoms with Crippen molar-refractivity contribution >= 4 is 27.2 Å². The average molecular weight is 477 g/mol. The van der Waals surface area contributed by atoms with Crippen molar-refractivity contribution in [2.45, 2.75) is 44.2 Å². The second-order valence-corrected chi connectivity index (χ2v) is 10.9. The highest BCUT2D eigenvalue weighted by molar-refractivity contribution is 7.92. The van der Waals surface area contributed by atoms with Gasteiger partial charge in [0.2, 0.25) is 0 Å². The number of sulfonamides is 1. The first-order valence-electron chi connectivity index (χ1n) is 11.5. The summed E-state index contributed by atoms with van der Waals surface area (Å²) in [4.78, 5) is 12.1. The Morgan fingerprint density at radius 3 is 2.62 bits per heavy atom. The van der Waals surface area contributed by atoms with Crippen LogP contribution in [0.25, 0.3) is 0 Å². The lowest BCUT2D eigenvalue weighted by atomic mass is 9.80. The zero-order chi connectivity index (χ0) is 24.0. The topological polar surface area (TPSA) is 84.5 Å². The van der Waals surface area contributed by atoms with Gasteiger partial charge in [0, 0.05) is 35.0 Å². The molecule has 2 aliphatic rings. The lowest BCUT2D eigenvalue weighted by Crippen LogP contribution is -2.29. The van der Waals surface area contributed by atoms with Crippen LogP contribution in [0.5, 0.6) is 0 Å². The molecule has 7 heteroatoms. The molecule has 176 valence electrons. The number of carbonyl (C=O) groups is 1. The van der Waals surface area contributed by atoms with Crippen molar-refractivity contribution in [3.8, 4) is 0 Å². The number of nitrogens with one attached hydrogen (secondary N) is 2. The van der Waals surface area contributed by atoms with Crippen LogP contribution in [0.4, 0.5) is 11.4 Å². The summed E-state index contributed by atoms with van der Waals surface area (Å²) < 4.78 is 35.1. The van der Waals surface area contributed by atoms with E-state index in [1.165, 1.54) is 0 Å². The number of fused-ring (bicyclic) bond motifs is 3. The fraction of sp³-hybridized carbons (Fsp3) is 0.296. The van der Waals surface area contributed by atoms with Crippen molar-refractivity contribution in [2.75, 3.05) is 16.6 Å². The molecule has 0 radical (unpaired) electrons. The number of hydrogen-bond acceptors (Lipinski definition) is 5. The van der Waals surface area contributed by atoms with Crippen molar-refractivity contribution in [3.63, 3.8) is 0 Å². The number of Topliss-reactive ketones (excluding diaryl/α,β-unsaturated/α-hetero) is 1. The predicted octanol–water partition coefficient (Wildman–Crippen LogP) is 5.55. The number of ether oxygens (including phenoxy) is 1. The van der Waals surface area contributed by atoms with Crippen molar-refractivity contribution in [1.29, 1.82) is 0 Å². The van der Waals surface area contributed by atoms with Crippen LogP contribution in [0.2, 0.25) is 0 Å². The lowest BCUT2D eigenvalue weighted by Gasteiger charge is -2.36. The quantitative estimate of drug-likeness (QED) is 0.472. The van der Waals surface area contributed by atoms with Crippen molar-refractivity contribution in [1.82, 2.24) is 0 Å². The molecule has 0 bridgehead atoms. The molecular weight excluding hydrogens is 448 g/mol. The van der Waals surface area contributed by atoms with E-state index >= 15 is 0 Å². The van der Waals surface area contributed by atoms with Gasteiger partial charge in [-0.15, -0.1) is 0 Å². The van der Waals surface area contributed by atoms with E-state index in [-0.39, 0.29) is 28.7 Å². The molecule has 34 heavy (non-hydrogen) atoms. The van der Waals surface area contributed by atoms with Crippen LogP contribution in [0, 0.1) is 19.8 Å². The van der Waals surface area contributed by atoms with Gasteiger partial charge < -0.3 is 10.1 Å². The minimum Gasteiger partial charge on any atom is -0.378 e. The molecule has 1 saturated heterocycles. The summed E-state index contributed by atoms with van der Waals surface area (Å²) in [6.07, 6.45) is 0.642. The second-order valence-electron chi connectivity index (χ2n) is 9.20. The van der Waals surface area contributed by atoms with Gasteiger partial charge in [-0.2, -0.15) is 0 Å². The Labute approximate surface area is 200 Å². The van der Waals surface area contributed by atoms with Crippen LogP contribution < -0.4 is 10.0 Å². The van der Waals surface area contributed by atoms with Gasteiger partial charge in [-0.05, 0) is 80.3 Å². The Balaban J connectivity index is 1.48. The summed E-state index contributed by atoms with van der Waals surface area (Å²) in [6, 6.07) is 18.3. The summed E-state index contributed by atoms with van der Waals surface area (Å²) in [6.45, 7) is 6.12. The third kappa shape index (κ3) is 4.10. The standard InChI is InChI=1S/C27H28N2O4S/c1-16-7-8-21(13-17(16)2)29-34(31,32)22-9-10-25-24(15-22)27-23(11-12-33-27)26(28-25)20-6-4-5-19(14-20)18(3)30/h4-10,13-15,23,26-29H,11-12H2,1-3H3. The van der Waals surface area contributed by atoms with Gasteiger partial charge in [0.15, 0.2) is 5.78 Å². The van der Waals surface area contributed by atoms with Crippen LogP contribution >= 0.6 is 0 Å². The summed E-state index contributed by atoms with van der Waals surface area (Å²) >= 11 is 0. The molecule has 2 aliphatic heterocycles. The maximum Gasteiger partial charge on any atom is 0.261 e. The van der Waals surface area contributed by atoms with Gasteiger partial charge in [-0.3, -0.25) is 9.52 Å². The minimum atomic E-state index is -3.76. The molecule has 0 saturated carbocycles. The molecule has 0 spiro atoms. The molecule has 2 N–H and O–H groups in total. The molecule has 3 unspecified atom stereocenters. The molecule has 5 rings (SSSR count). The maximum atomic E-state index is 13.2. The number of carbonyl (C=O) groups excluding carboxylic acids is 1. The predicted molar refractivity (Wildman–Crippen MR) is 133 cm³/mol. The molecule has 0 aliphatic carbocycles. The van der Waals surface area contributed by atoms with E-state index in [9.17, 15) is 13.2 Å². The van der Waals surface area contributed by atoms with E-state index < -0.39 is 10.0 Å². The Morgan fingerprint density at radius 1 is 1.03 bits per heavy atom. The highest BCUT2D eigenvalue weighted by Gasteiger charge is 2.42. The lowest BCUT2D eigenvalue weighted by molar-refractivity contribution is 0.0827. The number of hydrogen-bond donors (Lipinski definition) is 2. The van der Waals surface area contributed by atoms with E-state index in [4.69, 9.17) is 4.74 Å². The molecule has 3 aromatic carbocycles. The molecular formula is C27H28N2O4S. The zero-order valence-electron chi connectivity index (χ0n) is 19.5. The molecule has 6 nitrogen and oxygen atoms in total. The smallest absolute Gasteiger partial charge is 0.261 e. The van der Waals surface area contributed by atoms with E-state index in [2.05, 4.69) is 10.0 Å². The summed E-state index contributed by atoms with van der Waals surface area (Å²) in [5.74, 6) is 0.170. The number of anilines is 2. The van der Waals surface area contributed by atoms with Gasteiger partial charge in [0.05, 0.1) is 17.0 Å². The van der Waals surface area contributed by atoms with Crippen LogP contribution in [0.1, 0.15) is 58.1 Å². The van der Waals surface area contributed by atoms with E-state index in [0.717, 1.165) is 34.4 Å². The summed E-state index contributed by atoms with van der Waals surface area (Å²) in [5.41, 5.74) is 6.09. The first-order valence-corrected chi connectivity index (χ1v) is 12.9. The fourth-order valence-corrected chi connectivity index (χ4v) is 6.00. The number of benzene rings is 3. The Morgan fingerprint density at radius 2 is 1.85 bits per heavy atom. The molecule has 0 aromatic heterocycles. The van der Waals surface area contributed by atoms with Gasteiger partial charge in [-0.25, -0.2) is 8.42 Å². The summed E-state index contributed by atoms with van der Waals surface area (Å²) in [5, 5.41) is 3.59. The molecule has 2 heterocycles. The Hall–Kier alpha value is -3.16. The SMILES string of the molecule is CC(=O)c1cccc(C2Nc3ccc(S(=O)(=O)Nc4ccc(C)c(C)c4)cc3C3OCCC23)c1. The van der Waals surface area contributed by atoms with Gasteiger partial charge in [0.25, 0.3) is 10.0 Å². The van der Waals surface area contributed by atoms with Gasteiger partial charge in [-0.1, -0.05) is 24.3 Å². The fourth-order valence-electron chi connectivity index (χ4n) is 4.92. The molecule has 3 atom stereocenters. The van der Waals surface area contributed by atoms with Crippen LogP contribution in [-0.4, -0.2) is 20.8 Å². The first-order chi connectivity index (χ1) is 16.2. The van der Waals surface area contributed by atoms with Crippen LogP contribution in [-0.2, 0) is 14.8 Å². The van der Waals surface area contributed by atoms with Gasteiger partial charge in [0.1, 0.15) is 0 Å². The number of ketones is 1. The van der Waals surface area contributed by atoms with Crippen molar-refractivity contribution < 1.29 is 17.9 Å². The largest absolute Gasteiger partial charge is 0.378 e. The minimum absolute atomic E-state index is 0.0181. The average Bonchev–Trinajstić information content (AvgIpc) is 3.31. The summed E-state index contributed by atoms with van der Waals surface area (Å²) in [7, 11) is -3.76. The third-order valence-corrected chi connectivity index (χ3v) is 8.31. The van der Waals surface area contributed by atoms with Crippen LogP contribution in [0.3, 0.4) is 0 Å². The highest BCUT2D eigenvalue weighted by atomic mass is 32.2. The maximum absolute atomic E-state index is 13.2. The van der Waals surface area contributed by atoms with E-state index in [1.54, 1.807) is 25.1 Å². The van der Waals surface area contributed by atoms with Crippen molar-refractivity contribution in [2.24, 2.45) is 5.92 Å². The Kier molecular flexibility index (Phi) is 5.70. The Bertz CT molecular complexity index is 1380. The second kappa shape index (κ2) is 8.56. The third-order valence-electron chi connectivity index (χ3n) is 6.93. The molecule has 1 fully saturated rings. The highest BCUT2D eigenvalue weighted by Crippen LogP contribution is 2.50. The van der Waals surface area contributed by atoms with Crippen molar-refractivity contribution in [3.05, 3.63) is 88.5 Å². The van der Waals surface area contributed by atoms with Gasteiger partial charge >= 0.3 is 0 Å². The molecule has 0 amide bonds. The van der Waals surface area contributed by atoms with Crippen LogP contribution in [0.15, 0.2) is 65.6 Å². The zero-order valence-corrected chi connectivity index (χ0v) is 20.3. The monoisotopic (exact) mass is 476 g/mol. The number of aryl methyl sites for hydroxylation is 2. The molecule has 3 aromatic rings.